The Balaban J connectivity index is 0.00000392. The second kappa shape index (κ2) is 15.6. The molecule has 0 radical (unpaired) electrons. The molecule has 232 valence electrons. The van der Waals surface area contributed by atoms with Crippen molar-refractivity contribution >= 4 is 28.0 Å². The van der Waals surface area contributed by atoms with Gasteiger partial charge in [-0.2, -0.15) is 21.9 Å². The van der Waals surface area contributed by atoms with Gasteiger partial charge in [-0.05, 0) is 44.5 Å². The maximum Gasteiger partial charge on any atom is 1.00 e. The molecule has 0 amide bonds. The van der Waals surface area contributed by atoms with Crippen LogP contribution in [-0.2, 0) is 0 Å². The predicted molar refractivity (Wildman–Crippen MR) is 212 cm³/mol. The van der Waals surface area contributed by atoms with Crippen LogP contribution in [-0.4, -0.2) is 6.15 Å². The Labute approximate surface area is 338 Å². The normalized spacial score (nSPS) is 11.0. The Morgan fingerprint density at radius 2 is 0.340 bits per heavy atom. The SMILES string of the molecule is [K+].c1ccc(-c2ccc([B-](c3ccc(-c4ccccc4)cc3)(c3ccc(-c4ccccc4)cc3)c3ccc(-c4ccccc4)cc3)cc2)cc1. The zero-order chi connectivity index (χ0) is 32.9. The average molecular weight is 663 g/mol. The molecule has 0 spiro atoms. The third-order valence-electron chi connectivity index (χ3n) is 10.1. The van der Waals surface area contributed by atoms with Gasteiger partial charge in [0, 0.05) is 0 Å². The van der Waals surface area contributed by atoms with Crippen LogP contribution in [0.5, 0.6) is 0 Å². The molecule has 0 aliphatic heterocycles. The fourth-order valence-corrected chi connectivity index (χ4v) is 7.53. The zero-order valence-electron chi connectivity index (χ0n) is 28.4. The summed E-state index contributed by atoms with van der Waals surface area (Å²) in [6, 6.07) is 79.7. The van der Waals surface area contributed by atoms with E-state index in [1.807, 2.05) is 0 Å². The molecule has 0 fully saturated rings. The number of benzene rings is 8. The van der Waals surface area contributed by atoms with Crippen molar-refractivity contribution in [2.75, 3.05) is 0 Å². The van der Waals surface area contributed by atoms with E-state index in [0.717, 1.165) is 0 Å². The van der Waals surface area contributed by atoms with Crippen molar-refractivity contribution in [2.45, 2.75) is 0 Å². The minimum atomic E-state index is -1.57. The number of hydrogen-bond donors (Lipinski definition) is 0. The van der Waals surface area contributed by atoms with E-state index in [1.165, 1.54) is 66.4 Å². The van der Waals surface area contributed by atoms with E-state index in [4.69, 9.17) is 0 Å². The molecule has 8 aromatic rings. The maximum atomic E-state index is 2.35. The largest absolute Gasteiger partial charge is 1.00 e. The molecule has 2 heteroatoms. The van der Waals surface area contributed by atoms with Gasteiger partial charge in [-0.1, -0.05) is 218 Å². The summed E-state index contributed by atoms with van der Waals surface area (Å²) in [5, 5.41) is 0. The van der Waals surface area contributed by atoms with Crippen LogP contribution in [0.15, 0.2) is 218 Å². The van der Waals surface area contributed by atoms with Crippen molar-refractivity contribution in [1.29, 1.82) is 0 Å². The third-order valence-corrected chi connectivity index (χ3v) is 10.1. The van der Waals surface area contributed by atoms with Crippen LogP contribution in [0.3, 0.4) is 0 Å². The summed E-state index contributed by atoms with van der Waals surface area (Å²) in [6.07, 6.45) is -1.57. The fraction of sp³-hybridized carbons (Fsp3) is 0. The molecular formula is C48H36BK. The Morgan fingerprint density at radius 3 is 0.520 bits per heavy atom. The van der Waals surface area contributed by atoms with Gasteiger partial charge in [0.1, 0.15) is 6.15 Å². The smallest absolute Gasteiger partial charge is 0.195 e. The molecule has 8 rings (SSSR count). The van der Waals surface area contributed by atoms with Crippen LogP contribution in [0, 0.1) is 0 Å². The van der Waals surface area contributed by atoms with Crippen LogP contribution in [0.25, 0.3) is 44.5 Å². The van der Waals surface area contributed by atoms with Crippen LogP contribution in [0.2, 0.25) is 0 Å². The van der Waals surface area contributed by atoms with Gasteiger partial charge < -0.3 is 0 Å². The van der Waals surface area contributed by atoms with E-state index in [2.05, 4.69) is 218 Å². The number of hydrogen-bond acceptors (Lipinski definition) is 0. The first-order valence-corrected chi connectivity index (χ1v) is 17.1. The van der Waals surface area contributed by atoms with Gasteiger partial charge in [0.2, 0.25) is 0 Å². The van der Waals surface area contributed by atoms with Crippen LogP contribution in [0.4, 0.5) is 0 Å². The Bertz CT molecular complexity index is 1910. The van der Waals surface area contributed by atoms with E-state index in [1.54, 1.807) is 0 Å². The predicted octanol–water partition coefficient (Wildman–Crippen LogP) is 6.74. The van der Waals surface area contributed by atoms with Gasteiger partial charge in [-0.25, -0.2) is 0 Å². The van der Waals surface area contributed by atoms with Crippen molar-refractivity contribution < 1.29 is 51.4 Å². The van der Waals surface area contributed by atoms with Crippen LogP contribution in [0.1, 0.15) is 0 Å². The second-order valence-electron chi connectivity index (χ2n) is 12.8. The molecule has 50 heavy (non-hydrogen) atoms. The quantitative estimate of drug-likeness (QED) is 0.158. The van der Waals surface area contributed by atoms with Gasteiger partial charge in [-0.15, -0.1) is 0 Å². The molecule has 0 heterocycles. The average Bonchev–Trinajstić information content (AvgIpc) is 3.20. The fourth-order valence-electron chi connectivity index (χ4n) is 7.53. The van der Waals surface area contributed by atoms with Gasteiger partial charge in [0.15, 0.2) is 0 Å². The summed E-state index contributed by atoms with van der Waals surface area (Å²) >= 11 is 0. The molecule has 8 aromatic carbocycles. The molecule has 0 nitrogen and oxygen atoms in total. The van der Waals surface area contributed by atoms with Crippen LogP contribution < -0.4 is 73.2 Å². The summed E-state index contributed by atoms with van der Waals surface area (Å²) in [6.45, 7) is 0. The monoisotopic (exact) mass is 662 g/mol. The van der Waals surface area contributed by atoms with Crippen molar-refractivity contribution in [3.05, 3.63) is 218 Å². The first-order valence-electron chi connectivity index (χ1n) is 17.1. The summed E-state index contributed by atoms with van der Waals surface area (Å²) in [4.78, 5) is 0. The molecule has 0 N–H and O–H groups in total. The van der Waals surface area contributed by atoms with Crippen molar-refractivity contribution in [3.63, 3.8) is 0 Å². The Kier molecular flexibility index (Phi) is 10.6. The van der Waals surface area contributed by atoms with Crippen molar-refractivity contribution in [2.24, 2.45) is 0 Å². The minimum absolute atomic E-state index is 0. The summed E-state index contributed by atoms with van der Waals surface area (Å²) in [5.41, 5.74) is 14.9. The Morgan fingerprint density at radius 1 is 0.180 bits per heavy atom. The first kappa shape index (κ1) is 33.9. The van der Waals surface area contributed by atoms with Gasteiger partial charge in [-0.3, -0.25) is 0 Å². The number of rotatable bonds is 8. The van der Waals surface area contributed by atoms with E-state index in [9.17, 15) is 0 Å². The van der Waals surface area contributed by atoms with Crippen molar-refractivity contribution in [3.8, 4) is 44.5 Å². The summed E-state index contributed by atoms with van der Waals surface area (Å²) in [7, 11) is 0. The third kappa shape index (κ3) is 6.79. The molecule has 0 aromatic heterocycles. The topological polar surface area (TPSA) is 0 Å². The molecule has 0 atom stereocenters. The molecule has 0 bridgehead atoms. The Hall–Kier alpha value is -4.54. The van der Waals surface area contributed by atoms with E-state index in [-0.39, 0.29) is 51.4 Å². The van der Waals surface area contributed by atoms with Gasteiger partial charge in [0.25, 0.3) is 0 Å². The van der Waals surface area contributed by atoms with E-state index in [0.29, 0.717) is 0 Å². The maximum absolute atomic E-state index is 2.35. The first-order chi connectivity index (χ1) is 24.3. The summed E-state index contributed by atoms with van der Waals surface area (Å²) < 4.78 is 0. The van der Waals surface area contributed by atoms with Gasteiger partial charge >= 0.3 is 51.4 Å². The van der Waals surface area contributed by atoms with E-state index >= 15 is 0 Å². The van der Waals surface area contributed by atoms with Gasteiger partial charge in [0.05, 0.1) is 0 Å². The standard InChI is InChI=1S/C48H36B.K/c1-5-13-37(14-6-1)41-21-29-45(30-22-41)49(46-31-23-42(24-32-46)38-15-7-2-8-16-38,47-33-25-43(26-34-47)39-17-9-3-10-18-39)48-35-27-44(28-36-48)40-19-11-4-12-20-40;/h1-36H;/q-1;+1. The molecule has 0 saturated carbocycles. The van der Waals surface area contributed by atoms with Crippen molar-refractivity contribution in [1.82, 2.24) is 0 Å². The molecule has 0 aliphatic carbocycles. The zero-order valence-corrected chi connectivity index (χ0v) is 31.5. The molecule has 0 unspecified atom stereocenters. The van der Waals surface area contributed by atoms with E-state index < -0.39 is 6.15 Å². The molecule has 0 saturated heterocycles. The van der Waals surface area contributed by atoms with Crippen LogP contribution >= 0.6 is 0 Å². The molecule has 0 aliphatic rings. The second-order valence-corrected chi connectivity index (χ2v) is 12.8. The molecular weight excluding hydrogens is 626 g/mol. The summed E-state index contributed by atoms with van der Waals surface area (Å²) in [5.74, 6) is 0. The minimum Gasteiger partial charge on any atom is -0.195 e.